The SMILES string of the molecule is O=C(O)[C@@H]1CC2CCC1CC2. The molecule has 1 atom stereocenters. The molecule has 3 fully saturated rings. The van der Waals surface area contributed by atoms with Crippen molar-refractivity contribution in [3.05, 3.63) is 0 Å². The minimum atomic E-state index is -0.556. The predicted octanol–water partition coefficient (Wildman–Crippen LogP) is 1.90. The number of hydrogen-bond donors (Lipinski definition) is 1. The third kappa shape index (κ3) is 1.15. The summed E-state index contributed by atoms with van der Waals surface area (Å²) in [6.45, 7) is 0. The van der Waals surface area contributed by atoms with Crippen LogP contribution in [0.5, 0.6) is 0 Å². The van der Waals surface area contributed by atoms with Crippen molar-refractivity contribution in [1.29, 1.82) is 0 Å². The van der Waals surface area contributed by atoms with E-state index in [-0.39, 0.29) is 5.92 Å². The molecule has 1 N–H and O–H groups in total. The molecule has 0 aromatic rings. The maximum atomic E-state index is 10.7. The van der Waals surface area contributed by atoms with Crippen LogP contribution in [0.3, 0.4) is 0 Å². The number of fused-ring (bicyclic) bond motifs is 3. The van der Waals surface area contributed by atoms with E-state index in [9.17, 15) is 4.79 Å². The molecule has 0 heterocycles. The summed E-state index contributed by atoms with van der Waals surface area (Å²) in [5, 5.41) is 8.86. The molecule has 3 aliphatic rings. The molecule has 0 saturated heterocycles. The van der Waals surface area contributed by atoms with Gasteiger partial charge in [-0.1, -0.05) is 12.8 Å². The maximum Gasteiger partial charge on any atom is 0.306 e. The number of carbonyl (C=O) groups is 1. The van der Waals surface area contributed by atoms with Crippen LogP contribution in [-0.4, -0.2) is 11.1 Å². The Labute approximate surface area is 66.6 Å². The maximum absolute atomic E-state index is 10.7. The monoisotopic (exact) mass is 154 g/mol. The fourth-order valence-corrected chi connectivity index (χ4v) is 2.68. The van der Waals surface area contributed by atoms with Gasteiger partial charge in [-0.25, -0.2) is 0 Å². The summed E-state index contributed by atoms with van der Waals surface area (Å²) in [5.41, 5.74) is 0. The van der Waals surface area contributed by atoms with E-state index in [4.69, 9.17) is 5.11 Å². The third-order valence-electron chi connectivity index (χ3n) is 3.36. The fraction of sp³-hybridized carbons (Fsp3) is 0.889. The zero-order chi connectivity index (χ0) is 7.84. The molecule has 3 saturated carbocycles. The molecule has 3 aliphatic carbocycles. The lowest BCUT2D eigenvalue weighted by molar-refractivity contribution is -0.147. The molecule has 0 spiro atoms. The second-order valence-corrected chi connectivity index (χ2v) is 3.96. The van der Waals surface area contributed by atoms with E-state index in [2.05, 4.69) is 0 Å². The van der Waals surface area contributed by atoms with Gasteiger partial charge in [-0.15, -0.1) is 0 Å². The van der Waals surface area contributed by atoms with Crippen LogP contribution < -0.4 is 0 Å². The lowest BCUT2D eigenvalue weighted by atomic mass is 9.65. The molecule has 3 rings (SSSR count). The number of aliphatic carboxylic acids is 1. The van der Waals surface area contributed by atoms with Crippen molar-refractivity contribution in [2.45, 2.75) is 32.1 Å². The first-order chi connectivity index (χ1) is 5.27. The molecule has 0 aromatic heterocycles. The zero-order valence-electron chi connectivity index (χ0n) is 6.62. The number of carboxylic acids is 1. The van der Waals surface area contributed by atoms with Crippen LogP contribution in [0.2, 0.25) is 0 Å². The van der Waals surface area contributed by atoms with Crippen molar-refractivity contribution >= 4 is 5.97 Å². The van der Waals surface area contributed by atoms with Crippen molar-refractivity contribution in [1.82, 2.24) is 0 Å². The second kappa shape index (κ2) is 2.50. The van der Waals surface area contributed by atoms with Crippen molar-refractivity contribution in [3.8, 4) is 0 Å². The first kappa shape index (κ1) is 7.14. The van der Waals surface area contributed by atoms with Gasteiger partial charge < -0.3 is 5.11 Å². The Bertz CT molecular complexity index is 168. The molecule has 0 aliphatic heterocycles. The fourth-order valence-electron chi connectivity index (χ4n) is 2.68. The van der Waals surface area contributed by atoms with Crippen LogP contribution in [0.25, 0.3) is 0 Å². The van der Waals surface area contributed by atoms with Gasteiger partial charge in [0.05, 0.1) is 5.92 Å². The summed E-state index contributed by atoms with van der Waals surface area (Å²) < 4.78 is 0. The molecule has 2 bridgehead atoms. The Morgan fingerprint density at radius 1 is 1.18 bits per heavy atom. The quantitative estimate of drug-likeness (QED) is 0.626. The Morgan fingerprint density at radius 2 is 1.82 bits per heavy atom. The molecular formula is C9H14O2. The van der Waals surface area contributed by atoms with Gasteiger partial charge in [0.15, 0.2) is 0 Å². The van der Waals surface area contributed by atoms with Gasteiger partial charge in [-0.2, -0.15) is 0 Å². The molecule has 0 unspecified atom stereocenters. The number of carboxylic acid groups (broad SMARTS) is 1. The molecular weight excluding hydrogens is 140 g/mol. The third-order valence-corrected chi connectivity index (χ3v) is 3.36. The summed E-state index contributed by atoms with van der Waals surface area (Å²) in [7, 11) is 0. The number of rotatable bonds is 1. The van der Waals surface area contributed by atoms with Crippen molar-refractivity contribution < 1.29 is 9.90 Å². The lowest BCUT2D eigenvalue weighted by Crippen LogP contribution is -2.35. The Morgan fingerprint density at radius 3 is 2.09 bits per heavy atom. The molecule has 62 valence electrons. The van der Waals surface area contributed by atoms with Gasteiger partial charge in [0, 0.05) is 0 Å². The topological polar surface area (TPSA) is 37.3 Å². The van der Waals surface area contributed by atoms with E-state index in [0.29, 0.717) is 5.92 Å². The Balaban J connectivity index is 2.08. The largest absolute Gasteiger partial charge is 0.481 e. The predicted molar refractivity (Wildman–Crippen MR) is 41.2 cm³/mol. The highest BCUT2D eigenvalue weighted by atomic mass is 16.4. The standard InChI is InChI=1S/C9H14O2/c10-9(11)8-5-6-1-3-7(8)4-2-6/h6-8H,1-5H2,(H,10,11)/t6?,7?,8-/m1/s1. The first-order valence-corrected chi connectivity index (χ1v) is 4.50. The molecule has 11 heavy (non-hydrogen) atoms. The highest BCUT2D eigenvalue weighted by molar-refractivity contribution is 5.70. The van der Waals surface area contributed by atoms with Crippen LogP contribution in [0.15, 0.2) is 0 Å². The minimum Gasteiger partial charge on any atom is -0.481 e. The van der Waals surface area contributed by atoms with E-state index in [1.807, 2.05) is 0 Å². The average Bonchev–Trinajstić information content (AvgIpc) is 2.06. The van der Waals surface area contributed by atoms with Crippen LogP contribution in [-0.2, 0) is 4.79 Å². The first-order valence-electron chi connectivity index (χ1n) is 4.50. The lowest BCUT2D eigenvalue weighted by Gasteiger charge is -2.40. The summed E-state index contributed by atoms with van der Waals surface area (Å²) >= 11 is 0. The van der Waals surface area contributed by atoms with E-state index in [1.165, 1.54) is 25.7 Å². The second-order valence-electron chi connectivity index (χ2n) is 3.96. The Hall–Kier alpha value is -0.530. The number of hydrogen-bond acceptors (Lipinski definition) is 1. The molecule has 2 nitrogen and oxygen atoms in total. The minimum absolute atomic E-state index is 0.00231. The van der Waals surface area contributed by atoms with Gasteiger partial charge in [-0.05, 0) is 31.1 Å². The van der Waals surface area contributed by atoms with Crippen molar-refractivity contribution in [3.63, 3.8) is 0 Å². The molecule has 0 radical (unpaired) electrons. The smallest absolute Gasteiger partial charge is 0.306 e. The van der Waals surface area contributed by atoms with E-state index in [1.54, 1.807) is 0 Å². The van der Waals surface area contributed by atoms with Crippen molar-refractivity contribution in [2.24, 2.45) is 17.8 Å². The summed E-state index contributed by atoms with van der Waals surface area (Å²) in [5.74, 6) is 0.695. The normalized spacial score (nSPS) is 42.4. The summed E-state index contributed by atoms with van der Waals surface area (Å²) in [4.78, 5) is 10.7. The van der Waals surface area contributed by atoms with Crippen LogP contribution in [0, 0.1) is 17.8 Å². The molecule has 0 amide bonds. The average molecular weight is 154 g/mol. The zero-order valence-corrected chi connectivity index (χ0v) is 6.62. The van der Waals surface area contributed by atoms with Crippen molar-refractivity contribution in [2.75, 3.05) is 0 Å². The van der Waals surface area contributed by atoms with Gasteiger partial charge in [0.25, 0.3) is 0 Å². The van der Waals surface area contributed by atoms with Gasteiger partial charge in [-0.3, -0.25) is 4.79 Å². The van der Waals surface area contributed by atoms with Crippen LogP contribution in [0.4, 0.5) is 0 Å². The molecule has 2 heteroatoms. The summed E-state index contributed by atoms with van der Waals surface area (Å²) in [6, 6.07) is 0. The van der Waals surface area contributed by atoms with E-state index >= 15 is 0 Å². The van der Waals surface area contributed by atoms with Crippen LogP contribution in [0.1, 0.15) is 32.1 Å². The van der Waals surface area contributed by atoms with Gasteiger partial charge >= 0.3 is 5.97 Å². The van der Waals surface area contributed by atoms with Crippen LogP contribution >= 0.6 is 0 Å². The van der Waals surface area contributed by atoms with E-state index in [0.717, 1.165) is 12.3 Å². The van der Waals surface area contributed by atoms with Gasteiger partial charge in [0.2, 0.25) is 0 Å². The Kier molecular flexibility index (Phi) is 1.63. The highest BCUT2D eigenvalue weighted by Gasteiger charge is 2.39. The van der Waals surface area contributed by atoms with Gasteiger partial charge in [0.1, 0.15) is 0 Å². The molecule has 0 aromatic carbocycles. The van der Waals surface area contributed by atoms with E-state index < -0.39 is 5.97 Å². The summed E-state index contributed by atoms with van der Waals surface area (Å²) in [6.07, 6.45) is 5.87. The highest BCUT2D eigenvalue weighted by Crippen LogP contribution is 2.44.